The molecule has 1 atom stereocenters. The van der Waals surface area contributed by atoms with Gasteiger partial charge in [-0.05, 0) is 64.0 Å². The number of fused-ring (bicyclic) bond motifs is 1. The van der Waals surface area contributed by atoms with Crippen LogP contribution in [0.1, 0.15) is 5.56 Å². The Morgan fingerprint density at radius 1 is 1.06 bits per heavy atom. The summed E-state index contributed by atoms with van der Waals surface area (Å²) in [5, 5.41) is 10.4. The lowest BCUT2D eigenvalue weighted by Crippen LogP contribution is -2.29. The first-order valence-corrected chi connectivity index (χ1v) is 10.3. The second-order valence-electron chi connectivity index (χ2n) is 6.84. The van der Waals surface area contributed by atoms with Crippen LogP contribution in [-0.2, 0) is 11.2 Å². The molecule has 0 radical (unpaired) electrons. The van der Waals surface area contributed by atoms with Gasteiger partial charge in [0.05, 0.1) is 17.0 Å². The van der Waals surface area contributed by atoms with E-state index in [1.807, 2.05) is 12.1 Å². The number of carboxylic acids is 1. The van der Waals surface area contributed by atoms with Crippen molar-refractivity contribution in [3.05, 3.63) is 82.6 Å². The van der Waals surface area contributed by atoms with Crippen molar-refractivity contribution in [2.24, 2.45) is 0 Å². The largest absolute Gasteiger partial charge is 0.496 e. The number of carboxylic acid groups (broad SMARTS) is 1. The van der Waals surface area contributed by atoms with E-state index in [9.17, 15) is 14.3 Å². The van der Waals surface area contributed by atoms with Crippen LogP contribution in [0.5, 0.6) is 11.5 Å². The van der Waals surface area contributed by atoms with Crippen molar-refractivity contribution >= 4 is 32.9 Å². The predicted molar refractivity (Wildman–Crippen MR) is 118 cm³/mol. The van der Waals surface area contributed by atoms with E-state index < -0.39 is 12.1 Å². The zero-order chi connectivity index (χ0) is 22.0. The highest BCUT2D eigenvalue weighted by Crippen LogP contribution is 2.42. The normalized spacial score (nSPS) is 12.0. The highest BCUT2D eigenvalue weighted by Gasteiger charge is 2.25. The van der Waals surface area contributed by atoms with Crippen LogP contribution < -0.4 is 9.47 Å². The van der Waals surface area contributed by atoms with Crippen molar-refractivity contribution in [3.8, 4) is 22.8 Å². The smallest absolute Gasteiger partial charge is 0.345 e. The van der Waals surface area contributed by atoms with Gasteiger partial charge in [0.15, 0.2) is 6.10 Å². The second kappa shape index (κ2) is 8.81. The van der Waals surface area contributed by atoms with E-state index in [2.05, 4.69) is 15.9 Å². The highest BCUT2D eigenvalue weighted by molar-refractivity contribution is 9.10. The predicted octanol–water partition coefficient (Wildman–Crippen LogP) is 6.08. The SMILES string of the molecule is COc1ccccc1CC(Oc1cccc2oc(-c3ccc(F)cc3)c(Br)c12)C(=O)O. The third-order valence-electron chi connectivity index (χ3n) is 4.87. The fourth-order valence-corrected chi connectivity index (χ4v) is 4.07. The topological polar surface area (TPSA) is 68.9 Å². The Labute approximate surface area is 186 Å². The van der Waals surface area contributed by atoms with Gasteiger partial charge in [-0.25, -0.2) is 9.18 Å². The molecule has 158 valence electrons. The molecule has 0 bridgehead atoms. The molecule has 0 aliphatic heterocycles. The summed E-state index contributed by atoms with van der Waals surface area (Å²) in [7, 11) is 1.54. The summed E-state index contributed by atoms with van der Waals surface area (Å²) < 4.78 is 31.1. The minimum Gasteiger partial charge on any atom is -0.496 e. The third-order valence-corrected chi connectivity index (χ3v) is 5.62. The van der Waals surface area contributed by atoms with Crippen LogP contribution in [0.3, 0.4) is 0 Å². The number of hydrogen-bond donors (Lipinski definition) is 1. The molecule has 4 rings (SSSR count). The van der Waals surface area contributed by atoms with Gasteiger partial charge in [0.1, 0.15) is 28.7 Å². The minimum absolute atomic E-state index is 0.121. The van der Waals surface area contributed by atoms with Gasteiger partial charge in [-0.3, -0.25) is 0 Å². The summed E-state index contributed by atoms with van der Waals surface area (Å²) in [5.74, 6) is 0.0204. The number of methoxy groups -OCH3 is 1. The molecule has 0 saturated carbocycles. The number of carbonyl (C=O) groups is 1. The number of furan rings is 1. The zero-order valence-electron chi connectivity index (χ0n) is 16.5. The Kier molecular flexibility index (Phi) is 5.95. The summed E-state index contributed by atoms with van der Waals surface area (Å²) in [5.41, 5.74) is 1.92. The van der Waals surface area contributed by atoms with Gasteiger partial charge in [0.2, 0.25) is 0 Å². The molecule has 1 heterocycles. The maximum Gasteiger partial charge on any atom is 0.345 e. The van der Waals surface area contributed by atoms with E-state index in [0.717, 1.165) is 5.56 Å². The Balaban J connectivity index is 1.71. The van der Waals surface area contributed by atoms with E-state index in [-0.39, 0.29) is 12.2 Å². The standard InChI is InChI=1S/C24H18BrFO5/c1-29-17-6-3-2-5-15(17)13-20(24(27)28)30-18-7-4-8-19-21(18)22(25)23(31-19)14-9-11-16(26)12-10-14/h2-12,20H,13H2,1H3,(H,27,28). The fourth-order valence-electron chi connectivity index (χ4n) is 3.37. The molecule has 0 fully saturated rings. The number of para-hydroxylation sites is 1. The first-order chi connectivity index (χ1) is 15.0. The van der Waals surface area contributed by atoms with E-state index in [1.165, 1.54) is 19.2 Å². The molecule has 0 saturated heterocycles. The van der Waals surface area contributed by atoms with Gasteiger partial charge in [-0.1, -0.05) is 24.3 Å². The number of rotatable bonds is 7. The molecule has 4 aromatic rings. The lowest BCUT2D eigenvalue weighted by Gasteiger charge is -2.17. The van der Waals surface area contributed by atoms with E-state index >= 15 is 0 Å². The van der Waals surface area contributed by atoms with Crippen molar-refractivity contribution in [2.45, 2.75) is 12.5 Å². The summed E-state index contributed by atoms with van der Waals surface area (Å²) in [4.78, 5) is 12.0. The molecule has 5 nitrogen and oxygen atoms in total. The average Bonchev–Trinajstić information content (AvgIpc) is 3.11. The molecule has 0 spiro atoms. The maximum absolute atomic E-state index is 13.3. The van der Waals surface area contributed by atoms with Gasteiger partial charge in [-0.15, -0.1) is 0 Å². The molecular weight excluding hydrogens is 467 g/mol. The molecular formula is C24H18BrFO5. The lowest BCUT2D eigenvalue weighted by atomic mass is 10.1. The van der Waals surface area contributed by atoms with Crippen molar-refractivity contribution in [1.82, 2.24) is 0 Å². The summed E-state index contributed by atoms with van der Waals surface area (Å²) in [6, 6.07) is 18.3. The molecule has 0 amide bonds. The van der Waals surface area contributed by atoms with Crippen LogP contribution in [0.15, 0.2) is 75.6 Å². The highest BCUT2D eigenvalue weighted by atomic mass is 79.9. The Morgan fingerprint density at radius 2 is 1.77 bits per heavy atom. The first kappa shape index (κ1) is 20.9. The van der Waals surface area contributed by atoms with Crippen molar-refractivity contribution in [1.29, 1.82) is 0 Å². The van der Waals surface area contributed by atoms with Crippen molar-refractivity contribution < 1.29 is 28.2 Å². The van der Waals surface area contributed by atoms with E-state index in [0.29, 0.717) is 38.3 Å². The Bertz CT molecular complexity index is 1230. The van der Waals surface area contributed by atoms with Gasteiger partial charge in [0.25, 0.3) is 0 Å². The fraction of sp³-hybridized carbons (Fsp3) is 0.125. The van der Waals surface area contributed by atoms with Crippen molar-refractivity contribution in [3.63, 3.8) is 0 Å². The zero-order valence-corrected chi connectivity index (χ0v) is 18.1. The lowest BCUT2D eigenvalue weighted by molar-refractivity contribution is -0.144. The van der Waals surface area contributed by atoms with Crippen molar-refractivity contribution in [2.75, 3.05) is 7.11 Å². The molecule has 7 heteroatoms. The third kappa shape index (κ3) is 4.27. The maximum atomic E-state index is 13.3. The molecule has 1 aromatic heterocycles. The average molecular weight is 485 g/mol. The molecule has 31 heavy (non-hydrogen) atoms. The van der Waals surface area contributed by atoms with E-state index in [1.54, 1.807) is 42.5 Å². The first-order valence-electron chi connectivity index (χ1n) is 9.46. The molecule has 1 unspecified atom stereocenters. The van der Waals surface area contributed by atoms with Crippen LogP contribution >= 0.6 is 15.9 Å². The summed E-state index contributed by atoms with van der Waals surface area (Å²) in [6.45, 7) is 0. The molecule has 3 aromatic carbocycles. The van der Waals surface area contributed by atoms with Crippen LogP contribution in [0.25, 0.3) is 22.3 Å². The molecule has 0 aliphatic carbocycles. The summed E-state index contributed by atoms with van der Waals surface area (Å²) >= 11 is 3.54. The quantitative estimate of drug-likeness (QED) is 0.344. The van der Waals surface area contributed by atoms with E-state index in [4.69, 9.17) is 13.9 Å². The summed E-state index contributed by atoms with van der Waals surface area (Å²) in [6.07, 6.45) is -1.02. The second-order valence-corrected chi connectivity index (χ2v) is 7.64. The molecule has 1 N–H and O–H groups in total. The monoisotopic (exact) mass is 484 g/mol. The number of hydrogen-bond acceptors (Lipinski definition) is 4. The van der Waals surface area contributed by atoms with Gasteiger partial charge in [-0.2, -0.15) is 0 Å². The number of halogens is 2. The minimum atomic E-state index is -1.14. The number of ether oxygens (including phenoxy) is 2. The Morgan fingerprint density at radius 3 is 2.48 bits per heavy atom. The van der Waals surface area contributed by atoms with Gasteiger partial charge in [0, 0.05) is 12.0 Å². The molecule has 0 aliphatic rings. The van der Waals surface area contributed by atoms with Crippen LogP contribution in [0, 0.1) is 5.82 Å². The Hall–Kier alpha value is -3.32. The van der Waals surface area contributed by atoms with Crippen LogP contribution in [0.2, 0.25) is 0 Å². The number of benzene rings is 3. The van der Waals surface area contributed by atoms with Gasteiger partial charge < -0.3 is 19.0 Å². The van der Waals surface area contributed by atoms with Crippen LogP contribution in [0.4, 0.5) is 4.39 Å². The number of aliphatic carboxylic acids is 1. The van der Waals surface area contributed by atoms with Crippen LogP contribution in [-0.4, -0.2) is 24.3 Å². The van der Waals surface area contributed by atoms with Gasteiger partial charge >= 0.3 is 5.97 Å².